The lowest BCUT2D eigenvalue weighted by Gasteiger charge is -2.11. The van der Waals surface area contributed by atoms with Crippen LogP contribution in [0.1, 0.15) is 27.8 Å². The molecule has 0 radical (unpaired) electrons. The highest BCUT2D eigenvalue weighted by atomic mass is 16.5. The third kappa shape index (κ3) is 6.33. The van der Waals surface area contributed by atoms with Crippen LogP contribution in [0.3, 0.4) is 0 Å². The molecule has 34 heavy (non-hydrogen) atoms. The molecule has 172 valence electrons. The van der Waals surface area contributed by atoms with Crippen molar-refractivity contribution in [1.82, 2.24) is 0 Å². The number of anilines is 2. The van der Waals surface area contributed by atoms with Gasteiger partial charge in [0.25, 0.3) is 11.8 Å². The maximum atomic E-state index is 12.6. The van der Waals surface area contributed by atoms with E-state index in [1.807, 2.05) is 64.1 Å². The molecule has 0 aromatic heterocycles. The highest BCUT2D eigenvalue weighted by Crippen LogP contribution is 2.21. The molecule has 0 atom stereocenters. The van der Waals surface area contributed by atoms with Gasteiger partial charge in [0, 0.05) is 11.4 Å². The molecule has 0 aliphatic heterocycles. The number of nitriles is 1. The van der Waals surface area contributed by atoms with E-state index in [2.05, 4.69) is 10.6 Å². The van der Waals surface area contributed by atoms with Crippen molar-refractivity contribution in [2.45, 2.75) is 27.7 Å². The molecule has 0 saturated heterocycles. The standard InChI is InChI=1S/C28H27N3O3/c1-18-11-12-25(20(3)13-18)30-27(32)17-34-24-9-6-8-22(15-24)14-23(16-29)28(33)31-26-10-5-7-19(2)21(26)4/h5-15H,17H2,1-4H3,(H,30,32)(H,31,33)/b23-14-. The predicted molar refractivity (Wildman–Crippen MR) is 135 cm³/mol. The number of carbonyl (C=O) groups is 2. The van der Waals surface area contributed by atoms with Gasteiger partial charge in [0.1, 0.15) is 17.4 Å². The van der Waals surface area contributed by atoms with Crippen molar-refractivity contribution in [3.63, 3.8) is 0 Å². The van der Waals surface area contributed by atoms with Crippen LogP contribution in [0.4, 0.5) is 11.4 Å². The number of amides is 2. The summed E-state index contributed by atoms with van der Waals surface area (Å²) in [4.78, 5) is 24.9. The van der Waals surface area contributed by atoms with Crippen LogP contribution in [0.25, 0.3) is 6.08 Å². The molecule has 6 heteroatoms. The monoisotopic (exact) mass is 453 g/mol. The molecule has 0 fully saturated rings. The van der Waals surface area contributed by atoms with E-state index in [1.54, 1.807) is 30.3 Å². The van der Waals surface area contributed by atoms with E-state index in [1.165, 1.54) is 6.08 Å². The Morgan fingerprint density at radius 1 is 0.912 bits per heavy atom. The van der Waals surface area contributed by atoms with Crippen LogP contribution in [0.2, 0.25) is 0 Å². The van der Waals surface area contributed by atoms with Crippen LogP contribution in [0.5, 0.6) is 5.75 Å². The van der Waals surface area contributed by atoms with E-state index in [4.69, 9.17) is 4.74 Å². The average Bonchev–Trinajstić information content (AvgIpc) is 2.81. The third-order valence-electron chi connectivity index (χ3n) is 5.41. The Morgan fingerprint density at radius 2 is 1.68 bits per heavy atom. The minimum atomic E-state index is -0.490. The molecule has 0 saturated carbocycles. The van der Waals surface area contributed by atoms with Crippen molar-refractivity contribution < 1.29 is 14.3 Å². The summed E-state index contributed by atoms with van der Waals surface area (Å²) in [5.74, 6) is -0.314. The van der Waals surface area contributed by atoms with Crippen LogP contribution in [0, 0.1) is 39.0 Å². The zero-order valence-electron chi connectivity index (χ0n) is 19.7. The molecule has 2 amide bonds. The summed E-state index contributed by atoms with van der Waals surface area (Å²) >= 11 is 0. The minimum Gasteiger partial charge on any atom is -0.484 e. The Morgan fingerprint density at radius 3 is 2.41 bits per heavy atom. The zero-order valence-corrected chi connectivity index (χ0v) is 19.7. The first-order chi connectivity index (χ1) is 16.3. The predicted octanol–water partition coefficient (Wildman–Crippen LogP) is 5.48. The highest BCUT2D eigenvalue weighted by molar-refractivity contribution is 6.10. The Bertz CT molecular complexity index is 1300. The van der Waals surface area contributed by atoms with Crippen LogP contribution < -0.4 is 15.4 Å². The summed E-state index contributed by atoms with van der Waals surface area (Å²) in [6.07, 6.45) is 1.49. The van der Waals surface area contributed by atoms with Crippen LogP contribution in [-0.4, -0.2) is 18.4 Å². The van der Waals surface area contributed by atoms with Gasteiger partial charge in [-0.3, -0.25) is 9.59 Å². The summed E-state index contributed by atoms with van der Waals surface area (Å²) in [5.41, 5.74) is 6.07. The van der Waals surface area contributed by atoms with Crippen LogP contribution in [-0.2, 0) is 9.59 Å². The van der Waals surface area contributed by atoms with E-state index in [9.17, 15) is 14.9 Å². The fourth-order valence-corrected chi connectivity index (χ4v) is 3.37. The second-order valence-electron chi connectivity index (χ2n) is 8.10. The van der Waals surface area contributed by atoms with Gasteiger partial charge >= 0.3 is 0 Å². The van der Waals surface area contributed by atoms with Gasteiger partial charge in [0.05, 0.1) is 0 Å². The van der Waals surface area contributed by atoms with E-state index < -0.39 is 5.91 Å². The highest BCUT2D eigenvalue weighted by Gasteiger charge is 2.12. The number of rotatable bonds is 7. The second-order valence-corrected chi connectivity index (χ2v) is 8.10. The number of carbonyl (C=O) groups excluding carboxylic acids is 2. The first-order valence-corrected chi connectivity index (χ1v) is 10.9. The molecule has 6 nitrogen and oxygen atoms in total. The van der Waals surface area contributed by atoms with Gasteiger partial charge < -0.3 is 15.4 Å². The lowest BCUT2D eigenvalue weighted by atomic mass is 10.1. The maximum absolute atomic E-state index is 12.6. The summed E-state index contributed by atoms with van der Waals surface area (Å²) in [6, 6.07) is 20.2. The van der Waals surface area contributed by atoms with Crippen molar-refractivity contribution in [2.24, 2.45) is 0 Å². The SMILES string of the molecule is Cc1ccc(NC(=O)COc2cccc(/C=C(/C#N)C(=O)Nc3cccc(C)c3C)c2)c(C)c1. The van der Waals surface area contributed by atoms with Crippen molar-refractivity contribution in [3.8, 4) is 11.8 Å². The first-order valence-electron chi connectivity index (χ1n) is 10.9. The second kappa shape index (κ2) is 11.0. The normalized spacial score (nSPS) is 10.9. The van der Waals surface area contributed by atoms with Crippen LogP contribution in [0.15, 0.2) is 66.2 Å². The van der Waals surface area contributed by atoms with Crippen molar-refractivity contribution in [1.29, 1.82) is 5.26 Å². The molecule has 0 bridgehead atoms. The maximum Gasteiger partial charge on any atom is 0.266 e. The Labute approximate surface area is 199 Å². The number of ether oxygens (including phenoxy) is 1. The van der Waals surface area contributed by atoms with Gasteiger partial charge in [-0.25, -0.2) is 0 Å². The molecule has 3 aromatic carbocycles. The average molecular weight is 454 g/mol. The minimum absolute atomic E-state index is 0.0364. The summed E-state index contributed by atoms with van der Waals surface area (Å²) in [6.45, 7) is 7.63. The third-order valence-corrected chi connectivity index (χ3v) is 5.41. The molecule has 3 aromatic rings. The number of nitrogens with zero attached hydrogens (tertiary/aromatic N) is 1. The van der Waals surface area contributed by atoms with Crippen molar-refractivity contribution in [3.05, 3.63) is 94.1 Å². The van der Waals surface area contributed by atoms with Crippen molar-refractivity contribution >= 4 is 29.3 Å². The van der Waals surface area contributed by atoms with Gasteiger partial charge in [-0.15, -0.1) is 0 Å². The van der Waals surface area contributed by atoms with Crippen LogP contribution >= 0.6 is 0 Å². The lowest BCUT2D eigenvalue weighted by Crippen LogP contribution is -2.20. The van der Waals surface area contributed by atoms with Gasteiger partial charge in [0.2, 0.25) is 0 Å². The molecule has 0 heterocycles. The van der Waals surface area contributed by atoms with Crippen molar-refractivity contribution in [2.75, 3.05) is 17.2 Å². The van der Waals surface area contributed by atoms with E-state index in [0.29, 0.717) is 17.0 Å². The number of nitrogens with one attached hydrogen (secondary N) is 2. The van der Waals surface area contributed by atoms with E-state index in [0.717, 1.165) is 27.9 Å². The fourth-order valence-electron chi connectivity index (χ4n) is 3.37. The number of aryl methyl sites for hydroxylation is 3. The van der Waals surface area contributed by atoms with E-state index in [-0.39, 0.29) is 18.1 Å². The molecule has 0 unspecified atom stereocenters. The fraction of sp³-hybridized carbons (Fsp3) is 0.179. The molecule has 3 rings (SSSR count). The molecular formula is C28H27N3O3. The molecule has 2 N–H and O–H groups in total. The Balaban J connectivity index is 1.66. The topological polar surface area (TPSA) is 91.2 Å². The van der Waals surface area contributed by atoms with Gasteiger partial charge in [0.15, 0.2) is 6.61 Å². The van der Waals surface area contributed by atoms with E-state index >= 15 is 0 Å². The largest absolute Gasteiger partial charge is 0.484 e. The van der Waals surface area contributed by atoms with Gasteiger partial charge in [-0.2, -0.15) is 5.26 Å². The lowest BCUT2D eigenvalue weighted by molar-refractivity contribution is -0.118. The smallest absolute Gasteiger partial charge is 0.266 e. The Kier molecular flexibility index (Phi) is 7.83. The van der Waals surface area contributed by atoms with Gasteiger partial charge in [-0.1, -0.05) is 42.0 Å². The number of benzene rings is 3. The summed E-state index contributed by atoms with van der Waals surface area (Å²) in [5, 5.41) is 15.2. The molecule has 0 spiro atoms. The first kappa shape index (κ1) is 24.3. The quantitative estimate of drug-likeness (QED) is 0.366. The summed E-state index contributed by atoms with van der Waals surface area (Å²) < 4.78 is 5.62. The molecule has 0 aliphatic carbocycles. The molecular weight excluding hydrogens is 426 g/mol. The summed E-state index contributed by atoms with van der Waals surface area (Å²) in [7, 11) is 0. The number of hydrogen-bond donors (Lipinski definition) is 2. The molecule has 0 aliphatic rings. The van der Waals surface area contributed by atoms with Gasteiger partial charge in [-0.05, 0) is 80.3 Å². The Hall–Kier alpha value is -4.37. The number of hydrogen-bond acceptors (Lipinski definition) is 4. The zero-order chi connectivity index (χ0) is 24.7.